The highest BCUT2D eigenvalue weighted by Gasteiger charge is 2.13. The first-order chi connectivity index (χ1) is 8.29. The number of thioether (sulfide) groups is 1. The van der Waals surface area contributed by atoms with Gasteiger partial charge >= 0.3 is 0 Å². The molecule has 1 aromatic carbocycles. The molecule has 0 aromatic heterocycles. The summed E-state index contributed by atoms with van der Waals surface area (Å²) in [4.78, 5) is 0. The molecule has 1 heterocycles. The largest absolute Gasteiger partial charge is 0.397 e. The normalized spacial score (nSPS) is 19.6. The lowest BCUT2D eigenvalue weighted by Crippen LogP contribution is -2.20. The van der Waals surface area contributed by atoms with Crippen LogP contribution in [0.3, 0.4) is 0 Å². The average Bonchev–Trinajstić information content (AvgIpc) is 2.38. The molecular weight excluding hydrogens is 230 g/mol. The van der Waals surface area contributed by atoms with Crippen LogP contribution < -0.4 is 11.1 Å². The van der Waals surface area contributed by atoms with Gasteiger partial charge in [-0.2, -0.15) is 17.0 Å². The predicted octanol–water partition coefficient (Wildman–Crippen LogP) is 2.84. The topological polar surface area (TPSA) is 61.8 Å². The van der Waals surface area contributed by atoms with Crippen LogP contribution in [0.1, 0.15) is 24.8 Å². The van der Waals surface area contributed by atoms with E-state index < -0.39 is 0 Å². The first-order valence-corrected chi connectivity index (χ1v) is 6.99. The van der Waals surface area contributed by atoms with Gasteiger partial charge in [0.15, 0.2) is 0 Å². The average molecular weight is 247 g/mol. The summed E-state index contributed by atoms with van der Waals surface area (Å²) in [6, 6.07) is 7.50. The Morgan fingerprint density at radius 1 is 1.47 bits per heavy atom. The van der Waals surface area contributed by atoms with Gasteiger partial charge in [0.05, 0.1) is 23.0 Å². The fourth-order valence-corrected chi connectivity index (χ4v) is 3.22. The van der Waals surface area contributed by atoms with Gasteiger partial charge in [0, 0.05) is 11.8 Å². The van der Waals surface area contributed by atoms with E-state index in [1.165, 1.54) is 25.0 Å². The van der Waals surface area contributed by atoms with Gasteiger partial charge in [0.2, 0.25) is 0 Å². The summed E-state index contributed by atoms with van der Waals surface area (Å²) in [7, 11) is 0. The molecule has 0 bridgehead atoms. The van der Waals surface area contributed by atoms with E-state index in [-0.39, 0.29) is 0 Å². The van der Waals surface area contributed by atoms with E-state index in [1.807, 2.05) is 17.8 Å². The van der Waals surface area contributed by atoms with Crippen molar-refractivity contribution in [2.75, 3.05) is 23.3 Å². The first-order valence-electron chi connectivity index (χ1n) is 5.94. The quantitative estimate of drug-likeness (QED) is 0.806. The zero-order valence-corrected chi connectivity index (χ0v) is 10.6. The number of nitrogens with two attached hydrogens (primary N) is 1. The number of anilines is 2. The molecule has 1 aromatic rings. The number of nitrogen functional groups attached to an aromatic ring is 1. The van der Waals surface area contributed by atoms with Crippen molar-refractivity contribution in [3.05, 3.63) is 23.8 Å². The standard InChI is InChI=1S/C13H17N3S/c14-8-10-4-5-13(12(15)7-10)16-9-11-3-1-2-6-17-11/h4-5,7,11,16H,1-3,6,9,15H2. The Hall–Kier alpha value is -1.34. The van der Waals surface area contributed by atoms with Crippen molar-refractivity contribution < 1.29 is 0 Å². The highest BCUT2D eigenvalue weighted by molar-refractivity contribution is 7.99. The van der Waals surface area contributed by atoms with Gasteiger partial charge in [0.1, 0.15) is 0 Å². The Bertz CT molecular complexity index is 419. The molecule has 4 heteroatoms. The maximum absolute atomic E-state index is 8.76. The van der Waals surface area contributed by atoms with E-state index in [0.717, 1.165) is 12.2 Å². The lowest BCUT2D eigenvalue weighted by Gasteiger charge is -2.22. The van der Waals surface area contributed by atoms with Crippen LogP contribution in [0.2, 0.25) is 0 Å². The number of benzene rings is 1. The number of nitrogens with zero attached hydrogens (tertiary/aromatic N) is 1. The second-order valence-corrected chi connectivity index (χ2v) is 5.69. The van der Waals surface area contributed by atoms with E-state index in [0.29, 0.717) is 16.5 Å². The number of nitrogens with one attached hydrogen (secondary N) is 1. The molecule has 1 saturated heterocycles. The second kappa shape index (κ2) is 5.83. The third-order valence-electron chi connectivity index (χ3n) is 2.97. The molecule has 0 saturated carbocycles. The molecule has 1 fully saturated rings. The molecular formula is C13H17N3S. The molecule has 1 aliphatic rings. The van der Waals surface area contributed by atoms with Crippen LogP contribution in [0.5, 0.6) is 0 Å². The monoisotopic (exact) mass is 247 g/mol. The molecule has 1 atom stereocenters. The third kappa shape index (κ3) is 3.31. The van der Waals surface area contributed by atoms with E-state index in [4.69, 9.17) is 11.0 Å². The molecule has 0 radical (unpaired) electrons. The Labute approximate surface area is 106 Å². The molecule has 2 rings (SSSR count). The van der Waals surface area contributed by atoms with Gasteiger partial charge in [-0.3, -0.25) is 0 Å². The molecule has 0 amide bonds. The fraction of sp³-hybridized carbons (Fsp3) is 0.462. The van der Waals surface area contributed by atoms with Gasteiger partial charge in [-0.15, -0.1) is 0 Å². The van der Waals surface area contributed by atoms with Gasteiger partial charge in [-0.25, -0.2) is 0 Å². The molecule has 3 nitrogen and oxygen atoms in total. The van der Waals surface area contributed by atoms with Gasteiger partial charge in [0.25, 0.3) is 0 Å². The maximum atomic E-state index is 8.76. The van der Waals surface area contributed by atoms with Gasteiger partial charge in [-0.1, -0.05) is 6.42 Å². The lowest BCUT2D eigenvalue weighted by atomic mass is 10.1. The minimum absolute atomic E-state index is 0.611. The zero-order chi connectivity index (χ0) is 12.1. The summed E-state index contributed by atoms with van der Waals surface area (Å²) < 4.78 is 0. The molecule has 3 N–H and O–H groups in total. The van der Waals surface area contributed by atoms with Crippen LogP contribution in [0.4, 0.5) is 11.4 Å². The summed E-state index contributed by atoms with van der Waals surface area (Å²) in [5.74, 6) is 1.27. The number of rotatable bonds is 3. The summed E-state index contributed by atoms with van der Waals surface area (Å²) in [5, 5.41) is 12.8. The van der Waals surface area contributed by atoms with Crippen LogP contribution in [0, 0.1) is 11.3 Å². The van der Waals surface area contributed by atoms with E-state index in [9.17, 15) is 0 Å². The number of hydrogen-bond donors (Lipinski definition) is 2. The van der Waals surface area contributed by atoms with Gasteiger partial charge < -0.3 is 11.1 Å². The van der Waals surface area contributed by atoms with Crippen LogP contribution in [-0.4, -0.2) is 17.5 Å². The SMILES string of the molecule is N#Cc1ccc(NCC2CCCCS2)c(N)c1. The van der Waals surface area contributed by atoms with E-state index in [2.05, 4.69) is 11.4 Å². The molecule has 90 valence electrons. The predicted molar refractivity (Wildman–Crippen MR) is 74.2 cm³/mol. The highest BCUT2D eigenvalue weighted by Crippen LogP contribution is 2.26. The lowest BCUT2D eigenvalue weighted by molar-refractivity contribution is 0.677. The van der Waals surface area contributed by atoms with Crippen LogP contribution >= 0.6 is 11.8 Å². The summed E-state index contributed by atoms with van der Waals surface area (Å²) in [6.45, 7) is 0.959. The highest BCUT2D eigenvalue weighted by atomic mass is 32.2. The summed E-state index contributed by atoms with van der Waals surface area (Å²) in [6.07, 6.45) is 3.97. The van der Waals surface area contributed by atoms with Crippen molar-refractivity contribution in [1.82, 2.24) is 0 Å². The molecule has 1 aliphatic heterocycles. The smallest absolute Gasteiger partial charge is 0.0992 e. The van der Waals surface area contributed by atoms with Crippen molar-refractivity contribution in [3.63, 3.8) is 0 Å². The number of hydrogen-bond acceptors (Lipinski definition) is 4. The Morgan fingerprint density at radius 3 is 3.00 bits per heavy atom. The molecule has 1 unspecified atom stereocenters. The number of nitriles is 1. The van der Waals surface area contributed by atoms with Crippen molar-refractivity contribution in [1.29, 1.82) is 5.26 Å². The van der Waals surface area contributed by atoms with Crippen LogP contribution in [0.15, 0.2) is 18.2 Å². The second-order valence-electron chi connectivity index (χ2n) is 4.28. The van der Waals surface area contributed by atoms with Gasteiger partial charge in [-0.05, 0) is 36.8 Å². The van der Waals surface area contributed by atoms with E-state index in [1.54, 1.807) is 12.1 Å². The Balaban J connectivity index is 1.92. The first kappa shape index (κ1) is 12.1. The zero-order valence-electron chi connectivity index (χ0n) is 9.78. The molecule has 0 spiro atoms. The summed E-state index contributed by atoms with van der Waals surface area (Å²) in [5.41, 5.74) is 8.10. The van der Waals surface area contributed by atoms with Crippen molar-refractivity contribution in [2.24, 2.45) is 0 Å². The molecule has 17 heavy (non-hydrogen) atoms. The van der Waals surface area contributed by atoms with Crippen molar-refractivity contribution in [3.8, 4) is 6.07 Å². The molecule has 0 aliphatic carbocycles. The van der Waals surface area contributed by atoms with Crippen molar-refractivity contribution in [2.45, 2.75) is 24.5 Å². The van der Waals surface area contributed by atoms with Crippen LogP contribution in [0.25, 0.3) is 0 Å². The maximum Gasteiger partial charge on any atom is 0.0992 e. The third-order valence-corrected chi connectivity index (χ3v) is 4.37. The minimum Gasteiger partial charge on any atom is -0.397 e. The van der Waals surface area contributed by atoms with Crippen LogP contribution in [-0.2, 0) is 0 Å². The van der Waals surface area contributed by atoms with E-state index >= 15 is 0 Å². The summed E-state index contributed by atoms with van der Waals surface area (Å²) >= 11 is 2.04. The fourth-order valence-electron chi connectivity index (χ4n) is 1.99. The Morgan fingerprint density at radius 2 is 2.35 bits per heavy atom. The minimum atomic E-state index is 0.611. The van der Waals surface area contributed by atoms with Crippen molar-refractivity contribution >= 4 is 23.1 Å². The Kier molecular flexibility index (Phi) is 4.16.